The van der Waals surface area contributed by atoms with E-state index in [-0.39, 0.29) is 5.82 Å². The molecule has 19 heavy (non-hydrogen) atoms. The minimum absolute atomic E-state index is 0.228. The summed E-state index contributed by atoms with van der Waals surface area (Å²) >= 11 is 0. The molecule has 0 aromatic heterocycles. The van der Waals surface area contributed by atoms with Gasteiger partial charge in [0.05, 0.1) is 7.11 Å². The van der Waals surface area contributed by atoms with Gasteiger partial charge in [-0.15, -0.1) is 0 Å². The number of hydrogen-bond donors (Lipinski definition) is 2. The highest BCUT2D eigenvalue weighted by Gasteiger charge is 2.17. The Morgan fingerprint density at radius 1 is 1.53 bits per heavy atom. The molecule has 1 aliphatic heterocycles. The van der Waals surface area contributed by atoms with Gasteiger partial charge in [0.15, 0.2) is 0 Å². The molecule has 2 N–H and O–H groups in total. The van der Waals surface area contributed by atoms with Crippen LogP contribution in [0, 0.1) is 5.82 Å². The van der Waals surface area contributed by atoms with Crippen LogP contribution in [-0.2, 0) is 6.54 Å². The number of likely N-dealkylation sites (N-methyl/N-ethyl adjacent to an activating group) is 1. The second-order valence-electron chi connectivity index (χ2n) is 4.93. The van der Waals surface area contributed by atoms with Crippen LogP contribution in [0.1, 0.15) is 5.56 Å². The zero-order valence-corrected chi connectivity index (χ0v) is 11.6. The van der Waals surface area contributed by atoms with E-state index in [1.165, 1.54) is 12.1 Å². The van der Waals surface area contributed by atoms with Crippen molar-refractivity contribution in [1.29, 1.82) is 0 Å². The molecule has 4 nitrogen and oxygen atoms in total. The molecule has 0 bridgehead atoms. The first-order chi connectivity index (χ1) is 9.20. The highest BCUT2D eigenvalue weighted by Crippen LogP contribution is 2.18. The predicted octanol–water partition coefficient (Wildman–Crippen LogP) is 0.828. The lowest BCUT2D eigenvalue weighted by Gasteiger charge is -2.33. The van der Waals surface area contributed by atoms with Gasteiger partial charge in [-0.3, -0.25) is 4.90 Å². The number of ether oxygens (including phenoxy) is 1. The molecule has 1 saturated heterocycles. The number of piperazine rings is 1. The molecule has 0 spiro atoms. The number of nitrogens with zero attached hydrogens (tertiary/aromatic N) is 1. The fourth-order valence-electron chi connectivity index (χ4n) is 2.35. The van der Waals surface area contributed by atoms with Crippen LogP contribution in [0.4, 0.5) is 4.39 Å². The van der Waals surface area contributed by atoms with Gasteiger partial charge in [-0.25, -0.2) is 4.39 Å². The van der Waals surface area contributed by atoms with Crippen molar-refractivity contribution < 1.29 is 9.13 Å². The van der Waals surface area contributed by atoms with Gasteiger partial charge in [0.25, 0.3) is 0 Å². The van der Waals surface area contributed by atoms with Crippen molar-refractivity contribution in [3.05, 3.63) is 29.6 Å². The Morgan fingerprint density at radius 2 is 2.37 bits per heavy atom. The van der Waals surface area contributed by atoms with Crippen molar-refractivity contribution in [1.82, 2.24) is 15.5 Å². The number of benzene rings is 1. The van der Waals surface area contributed by atoms with E-state index in [1.807, 2.05) is 0 Å². The zero-order chi connectivity index (χ0) is 13.7. The second-order valence-corrected chi connectivity index (χ2v) is 4.93. The molecule has 1 heterocycles. The molecule has 0 saturated carbocycles. The van der Waals surface area contributed by atoms with Gasteiger partial charge in [0, 0.05) is 44.3 Å². The molecule has 106 valence electrons. The Hall–Kier alpha value is -1.17. The van der Waals surface area contributed by atoms with Crippen molar-refractivity contribution in [2.45, 2.75) is 12.6 Å². The molecule has 1 aromatic carbocycles. The summed E-state index contributed by atoms with van der Waals surface area (Å²) < 4.78 is 18.5. The molecule has 0 aliphatic carbocycles. The van der Waals surface area contributed by atoms with Crippen LogP contribution in [0.25, 0.3) is 0 Å². The van der Waals surface area contributed by atoms with Gasteiger partial charge in [-0.1, -0.05) is 0 Å². The number of hydrogen-bond acceptors (Lipinski definition) is 4. The van der Waals surface area contributed by atoms with E-state index in [1.54, 1.807) is 13.2 Å². The molecule has 1 fully saturated rings. The Bertz CT molecular complexity index is 414. The van der Waals surface area contributed by atoms with Crippen molar-refractivity contribution in [2.75, 3.05) is 40.3 Å². The van der Waals surface area contributed by atoms with Crippen LogP contribution >= 0.6 is 0 Å². The van der Waals surface area contributed by atoms with Gasteiger partial charge in [0.1, 0.15) is 11.6 Å². The van der Waals surface area contributed by atoms with Crippen LogP contribution in [-0.4, -0.2) is 51.3 Å². The van der Waals surface area contributed by atoms with Crippen LogP contribution in [0.2, 0.25) is 0 Å². The van der Waals surface area contributed by atoms with E-state index in [9.17, 15) is 4.39 Å². The average molecular weight is 267 g/mol. The number of rotatable bonds is 5. The Morgan fingerprint density at radius 3 is 3.11 bits per heavy atom. The minimum Gasteiger partial charge on any atom is -0.496 e. The van der Waals surface area contributed by atoms with E-state index >= 15 is 0 Å². The number of nitrogens with one attached hydrogen (secondary N) is 2. The fraction of sp³-hybridized carbons (Fsp3) is 0.571. The normalized spacial score (nSPS) is 20.5. The summed E-state index contributed by atoms with van der Waals surface area (Å²) in [5, 5.41) is 6.75. The van der Waals surface area contributed by atoms with E-state index < -0.39 is 0 Å². The van der Waals surface area contributed by atoms with Crippen molar-refractivity contribution >= 4 is 0 Å². The summed E-state index contributed by atoms with van der Waals surface area (Å²) in [5.41, 5.74) is 0.855. The first kappa shape index (κ1) is 14.2. The van der Waals surface area contributed by atoms with E-state index in [0.717, 1.165) is 37.5 Å². The van der Waals surface area contributed by atoms with Gasteiger partial charge < -0.3 is 15.4 Å². The molecule has 1 aliphatic rings. The second kappa shape index (κ2) is 6.84. The Labute approximate surface area is 113 Å². The highest BCUT2D eigenvalue weighted by atomic mass is 19.1. The maximum atomic E-state index is 13.2. The summed E-state index contributed by atoms with van der Waals surface area (Å²) in [6, 6.07) is 5.09. The third-order valence-corrected chi connectivity index (χ3v) is 3.58. The van der Waals surface area contributed by atoms with Crippen molar-refractivity contribution in [2.24, 2.45) is 0 Å². The van der Waals surface area contributed by atoms with Crippen LogP contribution in [0.5, 0.6) is 5.75 Å². The molecule has 0 radical (unpaired) electrons. The molecule has 5 heteroatoms. The summed E-state index contributed by atoms with van der Waals surface area (Å²) in [6.07, 6.45) is 0. The minimum atomic E-state index is -0.228. The van der Waals surface area contributed by atoms with Crippen molar-refractivity contribution in [3.63, 3.8) is 0 Å². The quantitative estimate of drug-likeness (QED) is 0.828. The Kier molecular flexibility index (Phi) is 5.13. The van der Waals surface area contributed by atoms with Gasteiger partial charge in [-0.05, 0) is 25.2 Å². The fourth-order valence-corrected chi connectivity index (χ4v) is 2.35. The molecular formula is C14H22FN3O. The average Bonchev–Trinajstić information content (AvgIpc) is 2.41. The van der Waals surface area contributed by atoms with Crippen LogP contribution < -0.4 is 15.4 Å². The lowest BCUT2D eigenvalue weighted by molar-refractivity contribution is 0.195. The first-order valence-electron chi connectivity index (χ1n) is 6.65. The largest absolute Gasteiger partial charge is 0.496 e. The molecule has 1 aromatic rings. The van der Waals surface area contributed by atoms with Gasteiger partial charge in [0.2, 0.25) is 0 Å². The van der Waals surface area contributed by atoms with Crippen molar-refractivity contribution in [3.8, 4) is 5.75 Å². The van der Waals surface area contributed by atoms with E-state index in [4.69, 9.17) is 4.74 Å². The lowest BCUT2D eigenvalue weighted by atomic mass is 10.1. The maximum Gasteiger partial charge on any atom is 0.123 e. The number of halogens is 1. The zero-order valence-electron chi connectivity index (χ0n) is 11.6. The molecule has 1 unspecified atom stereocenters. The number of methoxy groups -OCH3 is 1. The lowest BCUT2D eigenvalue weighted by Crippen LogP contribution is -2.53. The van der Waals surface area contributed by atoms with Gasteiger partial charge >= 0.3 is 0 Å². The van der Waals surface area contributed by atoms with E-state index in [2.05, 4.69) is 22.6 Å². The predicted molar refractivity (Wildman–Crippen MR) is 73.9 cm³/mol. The summed E-state index contributed by atoms with van der Waals surface area (Å²) in [6.45, 7) is 4.60. The molecule has 0 amide bonds. The summed E-state index contributed by atoms with van der Waals surface area (Å²) in [7, 11) is 3.74. The molecular weight excluding hydrogens is 245 g/mol. The summed E-state index contributed by atoms with van der Waals surface area (Å²) in [5.74, 6) is 0.498. The smallest absolute Gasteiger partial charge is 0.123 e. The Balaban J connectivity index is 1.86. The SMILES string of the molecule is COc1ccc(F)cc1CNCC1CNCCN1C. The standard InChI is InChI=1S/C14H22FN3O/c1-18-6-5-16-9-13(18)10-17-8-11-7-12(15)3-4-14(11)19-2/h3-4,7,13,16-17H,5-6,8-10H2,1-2H3. The first-order valence-corrected chi connectivity index (χ1v) is 6.65. The van der Waals surface area contributed by atoms with Crippen LogP contribution in [0.15, 0.2) is 18.2 Å². The third-order valence-electron chi connectivity index (χ3n) is 3.58. The van der Waals surface area contributed by atoms with Gasteiger partial charge in [-0.2, -0.15) is 0 Å². The molecule has 1 atom stereocenters. The monoisotopic (exact) mass is 267 g/mol. The maximum absolute atomic E-state index is 13.2. The van der Waals surface area contributed by atoms with Crippen LogP contribution in [0.3, 0.4) is 0 Å². The van der Waals surface area contributed by atoms with E-state index in [0.29, 0.717) is 12.6 Å². The molecule has 2 rings (SSSR count). The third kappa shape index (κ3) is 3.89. The summed E-state index contributed by atoms with van der Waals surface area (Å²) in [4.78, 5) is 2.34. The topological polar surface area (TPSA) is 36.5 Å². The highest BCUT2D eigenvalue weighted by molar-refractivity contribution is 5.33.